The molecule has 1 atom stereocenters. The van der Waals surface area contributed by atoms with Gasteiger partial charge in [-0.15, -0.1) is 0 Å². The summed E-state index contributed by atoms with van der Waals surface area (Å²) in [7, 11) is 7.91. The molecule has 1 heterocycles. The third-order valence-corrected chi connectivity index (χ3v) is 7.33. The Hall–Kier alpha value is -4.70. The van der Waals surface area contributed by atoms with Gasteiger partial charge in [-0.1, -0.05) is 30.3 Å². The Kier molecular flexibility index (Phi) is 8.02. The van der Waals surface area contributed by atoms with Crippen LogP contribution in [-0.2, 0) is 0 Å². The van der Waals surface area contributed by atoms with Crippen LogP contribution in [0.5, 0.6) is 34.5 Å². The fourth-order valence-corrected chi connectivity index (χ4v) is 5.36. The van der Waals surface area contributed by atoms with Crippen LogP contribution in [0, 0.1) is 0 Å². The van der Waals surface area contributed by atoms with E-state index in [0.717, 1.165) is 22.1 Å². The van der Waals surface area contributed by atoms with E-state index < -0.39 is 0 Å². The molecule has 4 aromatic carbocycles. The second-order valence-corrected chi connectivity index (χ2v) is 9.63. The van der Waals surface area contributed by atoms with Crippen molar-refractivity contribution in [2.75, 3.05) is 40.9 Å². The highest BCUT2D eigenvalue weighted by molar-refractivity contribution is 7.80. The molecule has 4 aromatic rings. The van der Waals surface area contributed by atoms with Crippen LogP contribution in [0.15, 0.2) is 71.8 Å². The summed E-state index contributed by atoms with van der Waals surface area (Å²) in [6.07, 6.45) is 0.480. The minimum Gasteiger partial charge on any atom is -0.507 e. The smallest absolute Gasteiger partial charge is 0.203 e. The summed E-state index contributed by atoms with van der Waals surface area (Å²) in [5.74, 6) is 2.95. The van der Waals surface area contributed by atoms with Crippen molar-refractivity contribution in [1.29, 1.82) is 0 Å². The predicted molar refractivity (Wildman–Crippen MR) is 163 cm³/mol. The van der Waals surface area contributed by atoms with Gasteiger partial charge in [0.25, 0.3) is 0 Å². The molecule has 2 N–H and O–H groups in total. The number of hydrogen-bond acceptors (Lipinski definition) is 8. The number of benzene rings is 4. The lowest BCUT2D eigenvalue weighted by Crippen LogP contribution is -2.31. The van der Waals surface area contributed by atoms with Gasteiger partial charge in [0, 0.05) is 35.2 Å². The predicted octanol–water partition coefficient (Wildman–Crippen LogP) is 6.14. The molecule has 0 bridgehead atoms. The van der Waals surface area contributed by atoms with Crippen molar-refractivity contribution in [2.24, 2.45) is 5.10 Å². The van der Waals surface area contributed by atoms with E-state index in [-0.39, 0.29) is 11.8 Å². The van der Waals surface area contributed by atoms with Crippen LogP contribution in [0.25, 0.3) is 10.8 Å². The summed E-state index contributed by atoms with van der Waals surface area (Å²) in [6.45, 7) is 0. The van der Waals surface area contributed by atoms with Gasteiger partial charge >= 0.3 is 0 Å². The van der Waals surface area contributed by atoms with Crippen molar-refractivity contribution in [1.82, 2.24) is 5.01 Å². The molecule has 212 valence electrons. The highest BCUT2D eigenvalue weighted by atomic mass is 32.1. The van der Waals surface area contributed by atoms with Crippen LogP contribution in [0.1, 0.15) is 23.6 Å². The third-order valence-electron chi connectivity index (χ3n) is 7.05. The van der Waals surface area contributed by atoms with Crippen molar-refractivity contribution < 1.29 is 28.8 Å². The summed E-state index contributed by atoms with van der Waals surface area (Å²) in [5, 5.41) is 23.1. The monoisotopic (exact) mass is 573 g/mol. The normalized spacial score (nSPS) is 14.4. The van der Waals surface area contributed by atoms with Gasteiger partial charge in [-0.2, -0.15) is 5.10 Å². The number of hydrogen-bond donors (Lipinski definition) is 2. The Morgan fingerprint density at radius 1 is 0.829 bits per heavy atom. The van der Waals surface area contributed by atoms with E-state index in [0.29, 0.717) is 51.5 Å². The number of ether oxygens (including phenoxy) is 5. The zero-order chi connectivity index (χ0) is 29.1. The van der Waals surface area contributed by atoms with Gasteiger partial charge in [0.1, 0.15) is 17.2 Å². The van der Waals surface area contributed by atoms with Crippen LogP contribution in [-0.4, -0.2) is 56.5 Å². The SMILES string of the molecule is COc1ccc(O)c(C2=NN(C(=S)Nc3cc(OC)c(OC)c(OC)c3)C(c3ccc(OC)c4ccccc34)C2)c1. The third kappa shape index (κ3) is 5.26. The van der Waals surface area contributed by atoms with Crippen LogP contribution in [0.2, 0.25) is 0 Å². The number of hydrazone groups is 1. The summed E-state index contributed by atoms with van der Waals surface area (Å²) < 4.78 is 27.5. The Morgan fingerprint density at radius 3 is 2.15 bits per heavy atom. The average Bonchev–Trinajstić information content (AvgIpc) is 3.45. The first-order valence-corrected chi connectivity index (χ1v) is 13.2. The standard InChI is InChI=1S/C31H31N3O6S/c1-36-19-10-12-26(35)23(16-19)24-17-25(21-11-13-27(37-2)22-9-7-6-8-20(21)22)34(33-24)31(41)32-18-14-28(38-3)30(40-5)29(15-18)39-4/h6-16,25,35H,17H2,1-5H3,(H,32,41). The van der Waals surface area contributed by atoms with Crippen molar-refractivity contribution in [3.8, 4) is 34.5 Å². The number of nitrogens with one attached hydrogen (secondary N) is 1. The number of phenols is 1. The van der Waals surface area contributed by atoms with Gasteiger partial charge in [-0.05, 0) is 47.4 Å². The van der Waals surface area contributed by atoms with Gasteiger partial charge in [0.2, 0.25) is 5.75 Å². The van der Waals surface area contributed by atoms with Gasteiger partial charge in [0.15, 0.2) is 16.6 Å². The molecular weight excluding hydrogens is 542 g/mol. The number of phenolic OH excluding ortho intramolecular Hbond substituents is 1. The van der Waals surface area contributed by atoms with Gasteiger partial charge < -0.3 is 34.1 Å². The molecule has 0 spiro atoms. The quantitative estimate of drug-likeness (QED) is 0.241. The molecule has 0 fully saturated rings. The van der Waals surface area contributed by atoms with Gasteiger partial charge in [-0.3, -0.25) is 0 Å². The fraction of sp³-hybridized carbons (Fsp3) is 0.226. The summed E-state index contributed by atoms with van der Waals surface area (Å²) in [4.78, 5) is 0. The minimum absolute atomic E-state index is 0.105. The molecule has 5 rings (SSSR count). The van der Waals surface area contributed by atoms with E-state index in [1.807, 2.05) is 30.3 Å². The number of methoxy groups -OCH3 is 5. The van der Waals surface area contributed by atoms with Crippen LogP contribution < -0.4 is 29.0 Å². The first-order valence-electron chi connectivity index (χ1n) is 12.8. The first-order chi connectivity index (χ1) is 19.9. The second kappa shape index (κ2) is 11.8. The van der Waals surface area contributed by atoms with E-state index in [4.69, 9.17) is 41.0 Å². The van der Waals surface area contributed by atoms with Gasteiger partial charge in [-0.25, -0.2) is 5.01 Å². The number of nitrogens with zero attached hydrogens (tertiary/aromatic N) is 2. The van der Waals surface area contributed by atoms with Crippen molar-refractivity contribution in [3.05, 3.63) is 77.9 Å². The molecule has 0 saturated heterocycles. The number of thiocarbonyl (C=S) groups is 1. The maximum absolute atomic E-state index is 10.8. The van der Waals surface area contributed by atoms with Crippen LogP contribution in [0.3, 0.4) is 0 Å². The first kappa shape index (κ1) is 27.9. The Balaban J connectivity index is 1.59. The molecule has 0 aromatic heterocycles. The van der Waals surface area contributed by atoms with E-state index in [9.17, 15) is 5.11 Å². The molecule has 9 nitrogen and oxygen atoms in total. The zero-order valence-corrected chi connectivity index (χ0v) is 24.2. The molecular formula is C31H31N3O6S. The lowest BCUT2D eigenvalue weighted by molar-refractivity contribution is 0.324. The van der Waals surface area contributed by atoms with Crippen molar-refractivity contribution in [2.45, 2.75) is 12.5 Å². The molecule has 1 aliphatic heterocycles. The summed E-state index contributed by atoms with van der Waals surface area (Å²) in [6, 6.07) is 20.4. The van der Waals surface area contributed by atoms with Crippen molar-refractivity contribution >= 4 is 39.5 Å². The van der Waals surface area contributed by atoms with E-state index in [1.165, 1.54) is 0 Å². The topological polar surface area (TPSA) is 94.0 Å². The number of fused-ring (bicyclic) bond motifs is 1. The second-order valence-electron chi connectivity index (χ2n) is 9.24. The van der Waals surface area contributed by atoms with Crippen LogP contribution >= 0.6 is 12.2 Å². The molecule has 41 heavy (non-hydrogen) atoms. The van der Waals surface area contributed by atoms with Crippen molar-refractivity contribution in [3.63, 3.8) is 0 Å². The maximum Gasteiger partial charge on any atom is 0.203 e. The number of aromatic hydroxyl groups is 1. The highest BCUT2D eigenvalue weighted by Gasteiger charge is 2.34. The summed E-state index contributed by atoms with van der Waals surface area (Å²) in [5.41, 5.74) is 2.89. The van der Waals surface area contributed by atoms with Crippen LogP contribution in [0.4, 0.5) is 5.69 Å². The Labute approximate surface area is 243 Å². The number of anilines is 1. The Bertz CT molecular complexity index is 1610. The Morgan fingerprint density at radius 2 is 1.51 bits per heavy atom. The lowest BCUT2D eigenvalue weighted by Gasteiger charge is -2.26. The highest BCUT2D eigenvalue weighted by Crippen LogP contribution is 2.42. The molecule has 0 amide bonds. The maximum atomic E-state index is 10.8. The van der Waals surface area contributed by atoms with Gasteiger partial charge in [0.05, 0.1) is 47.3 Å². The fourth-order valence-electron chi connectivity index (χ4n) is 5.07. The molecule has 0 saturated carbocycles. The molecule has 1 aliphatic rings. The minimum atomic E-state index is -0.284. The molecule has 0 radical (unpaired) electrons. The lowest BCUT2D eigenvalue weighted by atomic mass is 9.93. The zero-order valence-electron chi connectivity index (χ0n) is 23.4. The molecule has 10 heteroatoms. The molecule has 0 aliphatic carbocycles. The van der Waals surface area contributed by atoms with E-state index in [2.05, 4.69) is 11.4 Å². The van der Waals surface area contributed by atoms with E-state index >= 15 is 0 Å². The largest absolute Gasteiger partial charge is 0.507 e. The summed E-state index contributed by atoms with van der Waals surface area (Å²) >= 11 is 5.93. The average molecular weight is 574 g/mol. The van der Waals surface area contributed by atoms with E-state index in [1.54, 1.807) is 70.9 Å². The number of rotatable bonds is 8. The molecule has 1 unspecified atom stereocenters.